The molecule has 5 heteroatoms. The number of fused-ring (bicyclic) bond motifs is 1. The summed E-state index contributed by atoms with van der Waals surface area (Å²) < 4.78 is 8.28. The summed E-state index contributed by atoms with van der Waals surface area (Å²) in [6.07, 6.45) is 0.971. The number of aromatic nitrogens is 3. The molecule has 2 heterocycles. The Morgan fingerprint density at radius 2 is 2.32 bits per heavy atom. The zero-order valence-electron chi connectivity index (χ0n) is 11.1. The van der Waals surface area contributed by atoms with Crippen molar-refractivity contribution in [1.82, 2.24) is 14.8 Å². The van der Waals surface area contributed by atoms with Gasteiger partial charge in [-0.25, -0.2) is 0 Å². The molecule has 1 aliphatic rings. The van der Waals surface area contributed by atoms with E-state index in [2.05, 4.69) is 34.7 Å². The predicted octanol–water partition coefficient (Wildman–Crippen LogP) is 3.20. The first-order valence-corrected chi connectivity index (χ1v) is 6.97. The molecule has 100 valence electrons. The van der Waals surface area contributed by atoms with E-state index >= 15 is 0 Å². The Kier molecular flexibility index (Phi) is 3.14. The van der Waals surface area contributed by atoms with Gasteiger partial charge >= 0.3 is 0 Å². The standard InChI is InChI=1S/C14H17N3OS/c1-9(2)8-17-13(15-16-14(17)19)11-3-4-12-10(7-11)5-6-18-12/h3-4,7,9H,5-6,8H2,1-2H3,(H,16,19). The molecule has 1 N–H and O–H groups in total. The largest absolute Gasteiger partial charge is 0.493 e. The maximum absolute atomic E-state index is 5.53. The molecule has 4 nitrogen and oxygen atoms in total. The van der Waals surface area contributed by atoms with Crippen LogP contribution >= 0.6 is 12.2 Å². The summed E-state index contributed by atoms with van der Waals surface area (Å²) in [5.41, 5.74) is 2.35. The number of nitrogens with one attached hydrogen (secondary N) is 1. The molecule has 0 radical (unpaired) electrons. The van der Waals surface area contributed by atoms with Crippen LogP contribution in [0.15, 0.2) is 18.2 Å². The zero-order valence-corrected chi connectivity index (χ0v) is 12.0. The van der Waals surface area contributed by atoms with Crippen LogP contribution in [-0.2, 0) is 13.0 Å². The molecule has 0 saturated heterocycles. The molecule has 0 fully saturated rings. The molecular weight excluding hydrogens is 258 g/mol. The van der Waals surface area contributed by atoms with E-state index in [1.165, 1.54) is 5.56 Å². The molecule has 0 saturated carbocycles. The van der Waals surface area contributed by atoms with Crippen molar-refractivity contribution in [3.8, 4) is 17.1 Å². The van der Waals surface area contributed by atoms with Crippen LogP contribution in [0.2, 0.25) is 0 Å². The molecule has 19 heavy (non-hydrogen) atoms. The SMILES string of the molecule is CC(C)Cn1c(-c2ccc3c(c2)CCO3)n[nH]c1=S. The van der Waals surface area contributed by atoms with Gasteiger partial charge in [0, 0.05) is 18.5 Å². The summed E-state index contributed by atoms with van der Waals surface area (Å²) in [4.78, 5) is 0. The van der Waals surface area contributed by atoms with Crippen LogP contribution in [0, 0.1) is 10.7 Å². The topological polar surface area (TPSA) is 42.8 Å². The highest BCUT2D eigenvalue weighted by Gasteiger charge is 2.16. The lowest BCUT2D eigenvalue weighted by Crippen LogP contribution is -2.06. The summed E-state index contributed by atoms with van der Waals surface area (Å²) in [6.45, 7) is 6.00. The summed E-state index contributed by atoms with van der Waals surface area (Å²) >= 11 is 5.31. The van der Waals surface area contributed by atoms with E-state index in [1.807, 2.05) is 12.1 Å². The highest BCUT2D eigenvalue weighted by atomic mass is 32.1. The van der Waals surface area contributed by atoms with E-state index in [-0.39, 0.29) is 0 Å². The third kappa shape index (κ3) is 2.30. The summed E-state index contributed by atoms with van der Waals surface area (Å²) in [5.74, 6) is 2.43. The van der Waals surface area contributed by atoms with Crippen molar-refractivity contribution < 1.29 is 4.74 Å². The van der Waals surface area contributed by atoms with Gasteiger partial charge in [0.25, 0.3) is 0 Å². The van der Waals surface area contributed by atoms with Crippen LogP contribution in [0.3, 0.4) is 0 Å². The van der Waals surface area contributed by atoms with Crippen LogP contribution in [0.1, 0.15) is 19.4 Å². The summed E-state index contributed by atoms with van der Waals surface area (Å²) in [6, 6.07) is 6.23. The van der Waals surface area contributed by atoms with Gasteiger partial charge in [-0.2, -0.15) is 5.10 Å². The number of nitrogens with zero attached hydrogens (tertiary/aromatic N) is 2. The first-order chi connectivity index (χ1) is 9.15. The average molecular weight is 275 g/mol. The molecule has 0 unspecified atom stereocenters. The quantitative estimate of drug-likeness (QED) is 0.875. The molecule has 0 bridgehead atoms. The van der Waals surface area contributed by atoms with E-state index in [0.717, 1.165) is 36.7 Å². The number of benzene rings is 1. The van der Waals surface area contributed by atoms with Crippen molar-refractivity contribution in [2.24, 2.45) is 5.92 Å². The maximum Gasteiger partial charge on any atom is 0.195 e. The minimum atomic E-state index is 0.529. The molecule has 0 aliphatic carbocycles. The Morgan fingerprint density at radius 1 is 1.47 bits per heavy atom. The lowest BCUT2D eigenvalue weighted by molar-refractivity contribution is 0.357. The monoisotopic (exact) mass is 275 g/mol. The van der Waals surface area contributed by atoms with Gasteiger partial charge in [-0.1, -0.05) is 13.8 Å². The van der Waals surface area contributed by atoms with Crippen molar-refractivity contribution in [2.75, 3.05) is 6.61 Å². The number of aromatic amines is 1. The smallest absolute Gasteiger partial charge is 0.195 e. The molecule has 0 atom stereocenters. The van der Waals surface area contributed by atoms with Crippen molar-refractivity contribution in [3.63, 3.8) is 0 Å². The zero-order chi connectivity index (χ0) is 13.4. The fourth-order valence-electron chi connectivity index (χ4n) is 2.40. The van der Waals surface area contributed by atoms with Crippen molar-refractivity contribution in [3.05, 3.63) is 28.5 Å². The molecular formula is C14H17N3OS. The summed E-state index contributed by atoms with van der Waals surface area (Å²) in [5, 5.41) is 7.26. The fourth-order valence-corrected chi connectivity index (χ4v) is 2.60. The predicted molar refractivity (Wildman–Crippen MR) is 76.9 cm³/mol. The number of hydrogen-bond acceptors (Lipinski definition) is 3. The Morgan fingerprint density at radius 3 is 3.11 bits per heavy atom. The highest BCUT2D eigenvalue weighted by molar-refractivity contribution is 7.71. The molecule has 1 aromatic carbocycles. The second-order valence-electron chi connectivity index (χ2n) is 5.28. The van der Waals surface area contributed by atoms with Gasteiger partial charge in [0.05, 0.1) is 6.61 Å². The number of hydrogen-bond donors (Lipinski definition) is 1. The van der Waals surface area contributed by atoms with Gasteiger partial charge in [-0.3, -0.25) is 9.67 Å². The number of ether oxygens (including phenoxy) is 1. The van der Waals surface area contributed by atoms with Gasteiger partial charge in [0.1, 0.15) is 5.75 Å². The van der Waals surface area contributed by atoms with E-state index in [1.54, 1.807) is 0 Å². The van der Waals surface area contributed by atoms with Gasteiger partial charge in [0.15, 0.2) is 10.6 Å². The molecule has 2 aromatic rings. The van der Waals surface area contributed by atoms with Crippen LogP contribution in [0.25, 0.3) is 11.4 Å². The molecule has 3 rings (SSSR count). The second kappa shape index (κ2) is 4.81. The van der Waals surface area contributed by atoms with E-state index in [0.29, 0.717) is 10.7 Å². The van der Waals surface area contributed by atoms with Crippen molar-refractivity contribution in [1.29, 1.82) is 0 Å². The maximum atomic E-state index is 5.53. The van der Waals surface area contributed by atoms with Crippen LogP contribution in [0.5, 0.6) is 5.75 Å². The Bertz CT molecular complexity index is 657. The van der Waals surface area contributed by atoms with Crippen LogP contribution in [-0.4, -0.2) is 21.4 Å². The first kappa shape index (κ1) is 12.4. The Labute approximate surface area is 117 Å². The summed E-state index contributed by atoms with van der Waals surface area (Å²) in [7, 11) is 0. The average Bonchev–Trinajstić information content (AvgIpc) is 2.96. The first-order valence-electron chi connectivity index (χ1n) is 6.56. The third-order valence-corrected chi connectivity index (χ3v) is 3.57. The lowest BCUT2D eigenvalue weighted by atomic mass is 10.1. The molecule has 0 amide bonds. The lowest BCUT2D eigenvalue weighted by Gasteiger charge is -2.10. The van der Waals surface area contributed by atoms with Gasteiger partial charge < -0.3 is 4.74 Å². The molecule has 1 aromatic heterocycles. The van der Waals surface area contributed by atoms with Crippen LogP contribution in [0.4, 0.5) is 0 Å². The minimum Gasteiger partial charge on any atom is -0.493 e. The normalized spacial score (nSPS) is 13.6. The van der Waals surface area contributed by atoms with Crippen molar-refractivity contribution >= 4 is 12.2 Å². The minimum absolute atomic E-state index is 0.529. The second-order valence-corrected chi connectivity index (χ2v) is 5.66. The Hall–Kier alpha value is -1.62. The number of H-pyrrole nitrogens is 1. The van der Waals surface area contributed by atoms with E-state index < -0.39 is 0 Å². The van der Waals surface area contributed by atoms with Crippen LogP contribution < -0.4 is 4.74 Å². The number of rotatable bonds is 3. The highest BCUT2D eigenvalue weighted by Crippen LogP contribution is 2.29. The fraction of sp³-hybridized carbons (Fsp3) is 0.429. The van der Waals surface area contributed by atoms with E-state index in [9.17, 15) is 0 Å². The Balaban J connectivity index is 2.05. The van der Waals surface area contributed by atoms with E-state index in [4.69, 9.17) is 17.0 Å². The van der Waals surface area contributed by atoms with Gasteiger partial charge in [-0.15, -0.1) is 0 Å². The third-order valence-electron chi connectivity index (χ3n) is 3.25. The van der Waals surface area contributed by atoms with Gasteiger partial charge in [0.2, 0.25) is 0 Å². The van der Waals surface area contributed by atoms with Gasteiger partial charge in [-0.05, 0) is 41.9 Å². The molecule has 1 aliphatic heterocycles. The molecule has 0 spiro atoms. The van der Waals surface area contributed by atoms with Crippen molar-refractivity contribution in [2.45, 2.75) is 26.8 Å².